The number of aryl methyl sites for hydroxylation is 3. The van der Waals surface area contributed by atoms with Crippen LogP contribution < -0.4 is 10.9 Å². The SMILES string of the molecule is Cc1ccc(C(CC(=O)OC(C)C)NC(=O)CCn2cnc3c(C)cccc3c2=O)cc1. The van der Waals surface area contributed by atoms with Gasteiger partial charge in [-0.3, -0.25) is 19.0 Å². The normalized spacial score (nSPS) is 12.0. The first-order chi connectivity index (χ1) is 15.2. The molecule has 1 aromatic heterocycles. The van der Waals surface area contributed by atoms with E-state index in [0.29, 0.717) is 10.9 Å². The highest BCUT2D eigenvalue weighted by Crippen LogP contribution is 2.19. The lowest BCUT2D eigenvalue weighted by Gasteiger charge is -2.20. The molecule has 0 fully saturated rings. The van der Waals surface area contributed by atoms with Gasteiger partial charge in [0.25, 0.3) is 5.56 Å². The van der Waals surface area contributed by atoms with Crippen LogP contribution in [0.5, 0.6) is 0 Å². The molecule has 0 aliphatic heterocycles. The summed E-state index contributed by atoms with van der Waals surface area (Å²) < 4.78 is 6.70. The molecule has 7 heteroatoms. The smallest absolute Gasteiger partial charge is 0.308 e. The average Bonchev–Trinajstić information content (AvgIpc) is 2.73. The number of benzene rings is 2. The lowest BCUT2D eigenvalue weighted by molar-refractivity contribution is -0.148. The van der Waals surface area contributed by atoms with Gasteiger partial charge in [0.05, 0.1) is 35.8 Å². The summed E-state index contributed by atoms with van der Waals surface area (Å²) in [4.78, 5) is 42.1. The molecule has 1 N–H and O–H groups in total. The number of nitrogens with zero attached hydrogens (tertiary/aromatic N) is 2. The number of carbonyl (C=O) groups is 2. The summed E-state index contributed by atoms with van der Waals surface area (Å²) >= 11 is 0. The van der Waals surface area contributed by atoms with E-state index in [-0.39, 0.29) is 42.9 Å². The molecule has 1 heterocycles. The van der Waals surface area contributed by atoms with Crippen molar-refractivity contribution in [2.24, 2.45) is 0 Å². The second kappa shape index (κ2) is 10.2. The summed E-state index contributed by atoms with van der Waals surface area (Å²) in [5, 5.41) is 3.45. The van der Waals surface area contributed by atoms with Gasteiger partial charge in [0.15, 0.2) is 0 Å². The van der Waals surface area contributed by atoms with Crippen LogP contribution in [0, 0.1) is 13.8 Å². The molecule has 1 atom stereocenters. The molecule has 32 heavy (non-hydrogen) atoms. The van der Waals surface area contributed by atoms with Crippen molar-refractivity contribution in [2.75, 3.05) is 0 Å². The highest BCUT2D eigenvalue weighted by atomic mass is 16.5. The van der Waals surface area contributed by atoms with Gasteiger partial charge in [0.1, 0.15) is 0 Å². The molecule has 2 aromatic carbocycles. The Hall–Kier alpha value is -3.48. The zero-order valence-electron chi connectivity index (χ0n) is 18.9. The number of aromatic nitrogens is 2. The highest BCUT2D eigenvalue weighted by Gasteiger charge is 2.20. The first kappa shape index (κ1) is 23.2. The van der Waals surface area contributed by atoms with Crippen LogP contribution in [0.3, 0.4) is 0 Å². The van der Waals surface area contributed by atoms with Crippen molar-refractivity contribution >= 4 is 22.8 Å². The van der Waals surface area contributed by atoms with Gasteiger partial charge in [0, 0.05) is 13.0 Å². The van der Waals surface area contributed by atoms with Gasteiger partial charge in [-0.05, 0) is 44.9 Å². The summed E-state index contributed by atoms with van der Waals surface area (Å²) in [6.45, 7) is 7.64. The number of hydrogen-bond acceptors (Lipinski definition) is 5. The Morgan fingerprint density at radius 1 is 1.09 bits per heavy atom. The molecule has 0 spiro atoms. The number of esters is 1. The van der Waals surface area contributed by atoms with Crippen molar-refractivity contribution < 1.29 is 14.3 Å². The lowest BCUT2D eigenvalue weighted by Crippen LogP contribution is -2.32. The molecule has 0 aliphatic rings. The Kier molecular flexibility index (Phi) is 7.41. The monoisotopic (exact) mass is 435 g/mol. The van der Waals surface area contributed by atoms with Gasteiger partial charge >= 0.3 is 5.97 Å². The Balaban J connectivity index is 1.71. The van der Waals surface area contributed by atoms with Gasteiger partial charge in [-0.2, -0.15) is 0 Å². The zero-order chi connectivity index (χ0) is 23.3. The van der Waals surface area contributed by atoms with Crippen molar-refractivity contribution in [3.05, 3.63) is 75.8 Å². The van der Waals surface area contributed by atoms with E-state index in [1.54, 1.807) is 19.9 Å². The molecular formula is C25H29N3O4. The van der Waals surface area contributed by atoms with E-state index in [1.807, 2.05) is 50.2 Å². The van der Waals surface area contributed by atoms with Crippen LogP contribution in [0.1, 0.15) is 49.4 Å². The van der Waals surface area contributed by atoms with Crippen molar-refractivity contribution in [1.29, 1.82) is 0 Å². The molecule has 0 radical (unpaired) electrons. The van der Waals surface area contributed by atoms with E-state index in [2.05, 4.69) is 10.3 Å². The van der Waals surface area contributed by atoms with Gasteiger partial charge in [-0.1, -0.05) is 42.0 Å². The number of amides is 1. The maximum atomic E-state index is 12.7. The predicted molar refractivity (Wildman–Crippen MR) is 123 cm³/mol. The maximum Gasteiger partial charge on any atom is 0.308 e. The Bertz CT molecular complexity index is 1170. The summed E-state index contributed by atoms with van der Waals surface area (Å²) in [6.07, 6.45) is 1.36. The van der Waals surface area contributed by atoms with Crippen LogP contribution >= 0.6 is 0 Å². The van der Waals surface area contributed by atoms with Crippen LogP contribution in [0.2, 0.25) is 0 Å². The second-order valence-electron chi connectivity index (χ2n) is 8.24. The van der Waals surface area contributed by atoms with E-state index in [4.69, 9.17) is 4.74 Å². The fourth-order valence-electron chi connectivity index (χ4n) is 3.51. The number of fused-ring (bicyclic) bond motifs is 1. The summed E-state index contributed by atoms with van der Waals surface area (Å²) in [6, 6.07) is 12.6. The average molecular weight is 436 g/mol. The van der Waals surface area contributed by atoms with Crippen LogP contribution in [-0.4, -0.2) is 27.5 Å². The first-order valence-electron chi connectivity index (χ1n) is 10.7. The minimum Gasteiger partial charge on any atom is -0.463 e. The topological polar surface area (TPSA) is 90.3 Å². The van der Waals surface area contributed by atoms with E-state index < -0.39 is 6.04 Å². The Morgan fingerprint density at radius 2 is 1.81 bits per heavy atom. The third-order valence-corrected chi connectivity index (χ3v) is 5.19. The zero-order valence-corrected chi connectivity index (χ0v) is 18.9. The van der Waals surface area contributed by atoms with Crippen molar-refractivity contribution in [1.82, 2.24) is 14.9 Å². The Morgan fingerprint density at radius 3 is 2.50 bits per heavy atom. The predicted octanol–water partition coefficient (Wildman–Crippen LogP) is 3.60. The highest BCUT2D eigenvalue weighted by molar-refractivity contribution is 5.80. The van der Waals surface area contributed by atoms with Gasteiger partial charge < -0.3 is 10.1 Å². The van der Waals surface area contributed by atoms with E-state index in [9.17, 15) is 14.4 Å². The van der Waals surface area contributed by atoms with Crippen molar-refractivity contribution in [2.45, 2.75) is 59.2 Å². The van der Waals surface area contributed by atoms with Crippen LogP contribution in [0.15, 0.2) is 53.6 Å². The molecule has 7 nitrogen and oxygen atoms in total. The third kappa shape index (κ3) is 5.81. The van der Waals surface area contributed by atoms with E-state index in [1.165, 1.54) is 10.9 Å². The molecule has 1 unspecified atom stereocenters. The van der Waals surface area contributed by atoms with Crippen LogP contribution in [0.4, 0.5) is 0 Å². The first-order valence-corrected chi connectivity index (χ1v) is 10.7. The molecule has 3 rings (SSSR count). The van der Waals surface area contributed by atoms with Crippen LogP contribution in [0.25, 0.3) is 10.9 Å². The standard InChI is InChI=1S/C25H29N3O4/c1-16(2)32-23(30)14-21(19-10-8-17(3)9-11-19)27-22(29)12-13-28-15-26-24-18(4)6-5-7-20(24)25(28)31/h5-11,15-16,21H,12-14H2,1-4H3,(H,27,29). The van der Waals surface area contributed by atoms with Crippen molar-refractivity contribution in [3.63, 3.8) is 0 Å². The minimum atomic E-state index is -0.511. The molecule has 0 saturated heterocycles. The number of rotatable bonds is 8. The third-order valence-electron chi connectivity index (χ3n) is 5.19. The fourth-order valence-corrected chi connectivity index (χ4v) is 3.51. The van der Waals surface area contributed by atoms with Crippen LogP contribution in [-0.2, 0) is 20.9 Å². The molecular weight excluding hydrogens is 406 g/mol. The Labute approximate surface area is 187 Å². The number of nitrogens with one attached hydrogen (secondary N) is 1. The summed E-state index contributed by atoms with van der Waals surface area (Å²) in [5.41, 5.74) is 3.33. The number of ether oxygens (including phenoxy) is 1. The lowest BCUT2D eigenvalue weighted by atomic mass is 10.0. The number of carbonyl (C=O) groups excluding carboxylic acids is 2. The molecule has 168 valence electrons. The van der Waals surface area contributed by atoms with Gasteiger partial charge in [-0.25, -0.2) is 4.98 Å². The molecule has 3 aromatic rings. The summed E-state index contributed by atoms with van der Waals surface area (Å²) in [5.74, 6) is -0.639. The second-order valence-corrected chi connectivity index (χ2v) is 8.24. The quantitative estimate of drug-likeness (QED) is 0.546. The molecule has 0 saturated carbocycles. The van der Waals surface area contributed by atoms with E-state index >= 15 is 0 Å². The molecule has 0 aliphatic carbocycles. The van der Waals surface area contributed by atoms with E-state index in [0.717, 1.165) is 16.7 Å². The maximum absolute atomic E-state index is 12.7. The largest absolute Gasteiger partial charge is 0.463 e. The number of para-hydroxylation sites is 1. The van der Waals surface area contributed by atoms with Gasteiger partial charge in [0.2, 0.25) is 5.91 Å². The van der Waals surface area contributed by atoms with Gasteiger partial charge in [-0.15, -0.1) is 0 Å². The summed E-state index contributed by atoms with van der Waals surface area (Å²) in [7, 11) is 0. The minimum absolute atomic E-state index is 0.0315. The molecule has 1 amide bonds. The van der Waals surface area contributed by atoms with Crippen molar-refractivity contribution in [3.8, 4) is 0 Å². The molecule has 0 bridgehead atoms. The number of hydrogen-bond donors (Lipinski definition) is 1. The fraction of sp³-hybridized carbons (Fsp3) is 0.360.